The molecule has 1 rings (SSSR count). The molecule has 0 fully saturated rings. The van der Waals surface area contributed by atoms with Crippen molar-refractivity contribution in [3.05, 3.63) is 23.8 Å². The van der Waals surface area contributed by atoms with E-state index in [9.17, 15) is 9.90 Å². The normalized spacial score (nSPS) is 12.0. The molecule has 1 aromatic carbocycles. The van der Waals surface area contributed by atoms with Crippen molar-refractivity contribution in [2.75, 3.05) is 14.2 Å². The Morgan fingerprint density at radius 3 is 2.44 bits per heavy atom. The van der Waals surface area contributed by atoms with Crippen molar-refractivity contribution < 1.29 is 19.4 Å². The van der Waals surface area contributed by atoms with Gasteiger partial charge in [0, 0.05) is 6.42 Å². The fourth-order valence-electron chi connectivity index (χ4n) is 1.37. The Kier molecular flexibility index (Phi) is 4.31. The molecule has 1 atom stereocenters. The molecule has 0 aliphatic rings. The van der Waals surface area contributed by atoms with Crippen LogP contribution in [0.5, 0.6) is 11.5 Å². The fraction of sp³-hybridized carbons (Fsp3) is 0.417. The molecule has 0 saturated carbocycles. The summed E-state index contributed by atoms with van der Waals surface area (Å²) in [5.74, 6) is 0.981. The zero-order valence-electron chi connectivity index (χ0n) is 9.69. The summed E-state index contributed by atoms with van der Waals surface area (Å²) in [7, 11) is 3.10. The Morgan fingerprint density at radius 1 is 1.31 bits per heavy atom. The van der Waals surface area contributed by atoms with Gasteiger partial charge in [-0.15, -0.1) is 0 Å². The number of rotatable bonds is 5. The lowest BCUT2D eigenvalue weighted by atomic mass is 10.1. The maximum Gasteiger partial charge on any atom is 0.160 e. The van der Waals surface area contributed by atoms with Crippen molar-refractivity contribution in [1.29, 1.82) is 0 Å². The van der Waals surface area contributed by atoms with Crippen molar-refractivity contribution in [2.24, 2.45) is 0 Å². The molecule has 1 aromatic rings. The van der Waals surface area contributed by atoms with Gasteiger partial charge in [0.2, 0.25) is 0 Å². The Morgan fingerprint density at radius 2 is 1.94 bits per heavy atom. The first-order valence-electron chi connectivity index (χ1n) is 4.98. The smallest absolute Gasteiger partial charge is 0.160 e. The molecule has 0 amide bonds. The van der Waals surface area contributed by atoms with Gasteiger partial charge >= 0.3 is 0 Å². The van der Waals surface area contributed by atoms with Gasteiger partial charge in [-0.2, -0.15) is 0 Å². The summed E-state index contributed by atoms with van der Waals surface area (Å²) in [6, 6.07) is 5.31. The number of hydrogen-bond acceptors (Lipinski definition) is 4. The van der Waals surface area contributed by atoms with Gasteiger partial charge in [0.05, 0.1) is 14.2 Å². The molecule has 0 aliphatic carbocycles. The van der Waals surface area contributed by atoms with Gasteiger partial charge in [-0.1, -0.05) is 6.07 Å². The molecule has 0 unspecified atom stereocenters. The lowest BCUT2D eigenvalue weighted by Crippen LogP contribution is -2.19. The van der Waals surface area contributed by atoms with Gasteiger partial charge < -0.3 is 14.6 Å². The van der Waals surface area contributed by atoms with Crippen LogP contribution >= 0.6 is 0 Å². The predicted octanol–water partition coefficient (Wildman–Crippen LogP) is 1.20. The third kappa shape index (κ3) is 2.97. The second-order valence-corrected chi connectivity index (χ2v) is 3.52. The summed E-state index contributed by atoms with van der Waals surface area (Å²) in [5, 5.41) is 9.45. The summed E-state index contributed by atoms with van der Waals surface area (Å²) >= 11 is 0. The van der Waals surface area contributed by atoms with E-state index in [1.807, 2.05) is 0 Å². The number of ketones is 1. The number of ether oxygens (including phenoxy) is 2. The Balaban J connectivity index is 2.86. The fourth-order valence-corrected chi connectivity index (χ4v) is 1.37. The quantitative estimate of drug-likeness (QED) is 0.816. The highest BCUT2D eigenvalue weighted by molar-refractivity contribution is 5.80. The van der Waals surface area contributed by atoms with Crippen LogP contribution in [0, 0.1) is 0 Å². The van der Waals surface area contributed by atoms with Gasteiger partial charge in [0.25, 0.3) is 0 Å². The van der Waals surface area contributed by atoms with Crippen molar-refractivity contribution >= 4 is 5.78 Å². The molecule has 16 heavy (non-hydrogen) atoms. The second-order valence-electron chi connectivity index (χ2n) is 3.52. The van der Waals surface area contributed by atoms with E-state index < -0.39 is 6.10 Å². The summed E-state index contributed by atoms with van der Waals surface area (Å²) in [6.07, 6.45) is -0.673. The summed E-state index contributed by atoms with van der Waals surface area (Å²) in [4.78, 5) is 10.9. The molecule has 0 aromatic heterocycles. The molecule has 0 spiro atoms. The van der Waals surface area contributed by atoms with Crippen molar-refractivity contribution in [3.8, 4) is 11.5 Å². The van der Waals surface area contributed by atoms with Crippen molar-refractivity contribution in [1.82, 2.24) is 0 Å². The lowest BCUT2D eigenvalue weighted by Gasteiger charge is -2.11. The Labute approximate surface area is 94.8 Å². The third-order valence-electron chi connectivity index (χ3n) is 2.35. The highest BCUT2D eigenvalue weighted by Gasteiger charge is 2.12. The van der Waals surface area contributed by atoms with Crippen LogP contribution in [0.3, 0.4) is 0 Å². The molecule has 0 aliphatic heterocycles. The van der Waals surface area contributed by atoms with E-state index in [-0.39, 0.29) is 12.2 Å². The number of carbonyl (C=O) groups excluding carboxylic acids is 1. The maximum atomic E-state index is 10.9. The van der Waals surface area contributed by atoms with Crippen LogP contribution in [0.2, 0.25) is 0 Å². The first-order valence-corrected chi connectivity index (χ1v) is 4.98. The number of Topliss-reactive ketones (excluding diaryl/α,β-unsaturated/α-hetero) is 1. The average molecular weight is 224 g/mol. The third-order valence-corrected chi connectivity index (χ3v) is 2.35. The van der Waals surface area contributed by atoms with E-state index in [0.29, 0.717) is 11.5 Å². The minimum Gasteiger partial charge on any atom is -0.493 e. The zero-order chi connectivity index (χ0) is 12.1. The summed E-state index contributed by atoms with van der Waals surface area (Å²) in [6.45, 7) is 1.37. The van der Waals surface area contributed by atoms with E-state index in [1.165, 1.54) is 6.92 Å². The second kappa shape index (κ2) is 5.51. The Hall–Kier alpha value is -1.55. The topological polar surface area (TPSA) is 55.8 Å². The van der Waals surface area contributed by atoms with Crippen LogP contribution in [-0.2, 0) is 11.2 Å². The van der Waals surface area contributed by atoms with Crippen LogP contribution in [0.4, 0.5) is 0 Å². The van der Waals surface area contributed by atoms with Gasteiger partial charge in [-0.25, -0.2) is 0 Å². The molecular weight excluding hydrogens is 208 g/mol. The van der Waals surface area contributed by atoms with Crippen molar-refractivity contribution in [3.63, 3.8) is 0 Å². The minimum atomic E-state index is -0.960. The zero-order valence-corrected chi connectivity index (χ0v) is 9.69. The van der Waals surface area contributed by atoms with Crippen LogP contribution in [-0.4, -0.2) is 31.2 Å². The van der Waals surface area contributed by atoms with Gasteiger partial charge in [0.15, 0.2) is 17.3 Å². The molecule has 4 nitrogen and oxygen atoms in total. The summed E-state index contributed by atoms with van der Waals surface area (Å²) < 4.78 is 10.2. The monoisotopic (exact) mass is 224 g/mol. The van der Waals surface area contributed by atoms with Crippen LogP contribution in [0.15, 0.2) is 18.2 Å². The van der Waals surface area contributed by atoms with E-state index in [0.717, 1.165) is 5.56 Å². The molecule has 0 radical (unpaired) electrons. The highest BCUT2D eigenvalue weighted by atomic mass is 16.5. The predicted molar refractivity (Wildman–Crippen MR) is 59.9 cm³/mol. The van der Waals surface area contributed by atoms with Crippen LogP contribution in [0.1, 0.15) is 12.5 Å². The first kappa shape index (κ1) is 12.5. The van der Waals surface area contributed by atoms with E-state index in [1.54, 1.807) is 32.4 Å². The minimum absolute atomic E-state index is 0.241. The number of benzene rings is 1. The maximum absolute atomic E-state index is 10.9. The Bertz CT molecular complexity index is 373. The molecular formula is C12H16O4. The standard InChI is InChI=1S/C12H16O4/c1-8(13)10(14)6-9-4-5-11(15-2)12(7-9)16-3/h4-5,7,10,14H,6H2,1-3H3/t10-/m1/s1. The van der Waals surface area contributed by atoms with E-state index in [2.05, 4.69) is 0 Å². The first-order chi connectivity index (χ1) is 7.58. The largest absolute Gasteiger partial charge is 0.493 e. The van der Waals surface area contributed by atoms with E-state index >= 15 is 0 Å². The van der Waals surface area contributed by atoms with Crippen LogP contribution < -0.4 is 9.47 Å². The van der Waals surface area contributed by atoms with Gasteiger partial charge in [-0.05, 0) is 24.6 Å². The number of hydrogen-bond donors (Lipinski definition) is 1. The molecule has 1 N–H and O–H groups in total. The molecule has 88 valence electrons. The molecule has 0 heterocycles. The van der Waals surface area contributed by atoms with Gasteiger partial charge in [0.1, 0.15) is 6.10 Å². The van der Waals surface area contributed by atoms with Crippen LogP contribution in [0.25, 0.3) is 0 Å². The number of carbonyl (C=O) groups is 1. The summed E-state index contributed by atoms with van der Waals surface area (Å²) in [5.41, 5.74) is 0.834. The SMILES string of the molecule is COc1ccc(C[C@@H](O)C(C)=O)cc1OC. The molecule has 4 heteroatoms. The highest BCUT2D eigenvalue weighted by Crippen LogP contribution is 2.27. The molecule has 0 saturated heterocycles. The van der Waals surface area contributed by atoms with E-state index in [4.69, 9.17) is 9.47 Å². The van der Waals surface area contributed by atoms with Crippen molar-refractivity contribution in [2.45, 2.75) is 19.4 Å². The molecule has 0 bridgehead atoms. The number of aliphatic hydroxyl groups excluding tert-OH is 1. The number of aliphatic hydroxyl groups is 1. The average Bonchev–Trinajstić information content (AvgIpc) is 2.28. The van der Waals surface area contributed by atoms with Gasteiger partial charge in [-0.3, -0.25) is 4.79 Å². The number of methoxy groups -OCH3 is 2. The lowest BCUT2D eigenvalue weighted by molar-refractivity contribution is -0.124.